The van der Waals surface area contributed by atoms with Gasteiger partial charge < -0.3 is 10.1 Å². The van der Waals surface area contributed by atoms with E-state index in [1.807, 2.05) is 24.3 Å². The second-order valence-electron chi connectivity index (χ2n) is 6.40. The third-order valence-electron chi connectivity index (χ3n) is 3.94. The van der Waals surface area contributed by atoms with Crippen molar-refractivity contribution in [3.05, 3.63) is 70.8 Å². The molecule has 0 spiro atoms. The average molecular weight is 380 g/mol. The number of halogens is 3. The van der Waals surface area contributed by atoms with E-state index in [0.717, 1.165) is 23.3 Å². The number of hydrogen-bond donors (Lipinski definition) is 1. The van der Waals surface area contributed by atoms with Crippen molar-refractivity contribution in [2.24, 2.45) is 0 Å². The summed E-state index contributed by atoms with van der Waals surface area (Å²) >= 11 is 0. The highest BCUT2D eigenvalue weighted by atomic mass is 19.4. The van der Waals surface area contributed by atoms with Gasteiger partial charge in [0.1, 0.15) is 0 Å². The van der Waals surface area contributed by atoms with Crippen molar-refractivity contribution in [2.75, 3.05) is 20.7 Å². The molecule has 7 heteroatoms. The van der Waals surface area contributed by atoms with Gasteiger partial charge in [-0.1, -0.05) is 36.4 Å². The number of methoxy groups -OCH3 is 1. The molecular weight excluding hydrogens is 357 g/mol. The van der Waals surface area contributed by atoms with Crippen LogP contribution in [0.1, 0.15) is 22.3 Å². The van der Waals surface area contributed by atoms with Crippen LogP contribution >= 0.6 is 0 Å². The molecule has 0 aromatic heterocycles. The molecule has 146 valence electrons. The number of carbonyl (C=O) groups is 1. The Balaban J connectivity index is 1.80. The molecule has 0 saturated carbocycles. The zero-order chi connectivity index (χ0) is 19.9. The molecule has 0 saturated heterocycles. The normalized spacial score (nSPS) is 11.6. The summed E-state index contributed by atoms with van der Waals surface area (Å²) in [6.07, 6.45) is -4.34. The van der Waals surface area contributed by atoms with E-state index in [9.17, 15) is 18.0 Å². The second kappa shape index (κ2) is 9.53. The summed E-state index contributed by atoms with van der Waals surface area (Å²) in [7, 11) is 3.37. The van der Waals surface area contributed by atoms with Gasteiger partial charge in [-0.15, -0.1) is 0 Å². The predicted molar refractivity (Wildman–Crippen MR) is 96.8 cm³/mol. The summed E-state index contributed by atoms with van der Waals surface area (Å²) in [6, 6.07) is 12.7. The molecule has 0 unspecified atom stereocenters. The molecule has 1 N–H and O–H groups in total. The number of amides is 1. The van der Waals surface area contributed by atoms with E-state index < -0.39 is 11.7 Å². The number of hydrogen-bond acceptors (Lipinski definition) is 3. The highest BCUT2D eigenvalue weighted by molar-refractivity contribution is 5.77. The first-order valence-electron chi connectivity index (χ1n) is 8.46. The van der Waals surface area contributed by atoms with Gasteiger partial charge in [0.25, 0.3) is 0 Å². The third-order valence-corrected chi connectivity index (χ3v) is 3.94. The minimum atomic E-state index is -4.34. The zero-order valence-corrected chi connectivity index (χ0v) is 15.3. The van der Waals surface area contributed by atoms with Gasteiger partial charge in [-0.3, -0.25) is 9.69 Å². The number of likely N-dealkylation sites (N-methyl/N-ethyl adjacent to an activating group) is 1. The molecule has 27 heavy (non-hydrogen) atoms. The summed E-state index contributed by atoms with van der Waals surface area (Å²) in [5, 5.41) is 2.84. The number of nitrogens with zero attached hydrogens (tertiary/aromatic N) is 1. The maximum absolute atomic E-state index is 12.6. The molecular formula is C20H23F3N2O2. The monoisotopic (exact) mass is 380 g/mol. The summed E-state index contributed by atoms with van der Waals surface area (Å²) in [4.78, 5) is 13.8. The number of rotatable bonds is 8. The number of nitrogens with one attached hydrogen (secondary N) is 1. The Hall–Kier alpha value is -2.38. The molecule has 0 atom stereocenters. The molecule has 2 aromatic carbocycles. The Kier molecular flexibility index (Phi) is 7.38. The van der Waals surface area contributed by atoms with E-state index in [4.69, 9.17) is 4.74 Å². The van der Waals surface area contributed by atoms with Crippen molar-refractivity contribution >= 4 is 5.91 Å². The summed E-state index contributed by atoms with van der Waals surface area (Å²) in [5.41, 5.74) is 2.04. The maximum Gasteiger partial charge on any atom is 0.416 e. The SMILES string of the molecule is COCc1cccc(CNC(=O)CN(C)Cc2ccc(C(F)(F)F)cc2)c1. The molecule has 0 bridgehead atoms. The highest BCUT2D eigenvalue weighted by Gasteiger charge is 2.29. The van der Waals surface area contributed by atoms with Crippen LogP contribution in [0.5, 0.6) is 0 Å². The van der Waals surface area contributed by atoms with Crippen LogP contribution in [-0.4, -0.2) is 31.5 Å². The van der Waals surface area contributed by atoms with Gasteiger partial charge in [0, 0.05) is 20.2 Å². The van der Waals surface area contributed by atoms with E-state index in [0.29, 0.717) is 25.3 Å². The fourth-order valence-corrected chi connectivity index (χ4v) is 2.66. The number of alkyl halides is 3. The fraction of sp³-hybridized carbons (Fsp3) is 0.350. The van der Waals surface area contributed by atoms with Crippen LogP contribution in [-0.2, 0) is 35.4 Å². The van der Waals surface area contributed by atoms with Gasteiger partial charge in [-0.25, -0.2) is 0 Å². The van der Waals surface area contributed by atoms with E-state index in [1.54, 1.807) is 19.1 Å². The lowest BCUT2D eigenvalue weighted by Crippen LogP contribution is -2.34. The van der Waals surface area contributed by atoms with Crippen molar-refractivity contribution < 1.29 is 22.7 Å². The molecule has 0 aliphatic rings. The van der Waals surface area contributed by atoms with E-state index >= 15 is 0 Å². The largest absolute Gasteiger partial charge is 0.416 e. The van der Waals surface area contributed by atoms with Crippen LogP contribution in [0.3, 0.4) is 0 Å². The Labute approximate surface area is 156 Å². The first-order chi connectivity index (χ1) is 12.8. The minimum Gasteiger partial charge on any atom is -0.380 e. The van der Waals surface area contributed by atoms with Gasteiger partial charge >= 0.3 is 6.18 Å². The van der Waals surface area contributed by atoms with Gasteiger partial charge in [-0.2, -0.15) is 13.2 Å². The quantitative estimate of drug-likeness (QED) is 0.761. The van der Waals surface area contributed by atoms with Crippen LogP contribution in [0.25, 0.3) is 0 Å². The molecule has 0 fully saturated rings. The predicted octanol–water partition coefficient (Wildman–Crippen LogP) is 3.60. The standard InChI is InChI=1S/C20H23F3N2O2/c1-25(12-15-6-8-18(9-7-15)20(21,22)23)13-19(26)24-11-16-4-3-5-17(10-16)14-27-2/h3-10H,11-14H2,1-2H3,(H,24,26). The lowest BCUT2D eigenvalue weighted by molar-refractivity contribution is -0.137. The molecule has 2 rings (SSSR count). The highest BCUT2D eigenvalue weighted by Crippen LogP contribution is 2.29. The first kappa shape index (κ1) is 20.9. The van der Waals surface area contributed by atoms with Crippen molar-refractivity contribution in [1.82, 2.24) is 10.2 Å². The minimum absolute atomic E-state index is 0.151. The Bertz CT molecular complexity index is 746. The number of ether oxygens (including phenoxy) is 1. The average Bonchev–Trinajstić information content (AvgIpc) is 2.60. The van der Waals surface area contributed by atoms with Crippen LogP contribution in [0.15, 0.2) is 48.5 Å². The fourth-order valence-electron chi connectivity index (χ4n) is 2.66. The lowest BCUT2D eigenvalue weighted by Gasteiger charge is -2.17. The topological polar surface area (TPSA) is 41.6 Å². The van der Waals surface area contributed by atoms with Gasteiger partial charge in [-0.05, 0) is 35.9 Å². The van der Waals surface area contributed by atoms with Crippen molar-refractivity contribution in [3.63, 3.8) is 0 Å². The van der Waals surface area contributed by atoms with Crippen molar-refractivity contribution in [3.8, 4) is 0 Å². The second-order valence-corrected chi connectivity index (χ2v) is 6.40. The molecule has 0 radical (unpaired) electrons. The first-order valence-corrected chi connectivity index (χ1v) is 8.46. The third kappa shape index (κ3) is 7.03. The van der Waals surface area contributed by atoms with Crippen LogP contribution in [0, 0.1) is 0 Å². The van der Waals surface area contributed by atoms with Crippen LogP contribution in [0.4, 0.5) is 13.2 Å². The van der Waals surface area contributed by atoms with E-state index in [-0.39, 0.29) is 12.5 Å². The molecule has 0 heterocycles. The Morgan fingerprint density at radius 1 is 1.07 bits per heavy atom. The summed E-state index contributed by atoms with van der Waals surface area (Å²) in [6.45, 7) is 1.45. The molecule has 0 aliphatic heterocycles. The lowest BCUT2D eigenvalue weighted by atomic mass is 10.1. The zero-order valence-electron chi connectivity index (χ0n) is 15.3. The summed E-state index contributed by atoms with van der Waals surface area (Å²) < 4.78 is 42.8. The molecule has 0 aliphatic carbocycles. The van der Waals surface area contributed by atoms with Crippen molar-refractivity contribution in [2.45, 2.75) is 25.9 Å². The van der Waals surface area contributed by atoms with Gasteiger partial charge in [0.15, 0.2) is 0 Å². The number of carbonyl (C=O) groups excluding carboxylic acids is 1. The van der Waals surface area contributed by atoms with Gasteiger partial charge in [0.2, 0.25) is 5.91 Å². The van der Waals surface area contributed by atoms with E-state index in [2.05, 4.69) is 5.32 Å². The Morgan fingerprint density at radius 2 is 1.74 bits per heavy atom. The summed E-state index contributed by atoms with van der Waals surface area (Å²) in [5.74, 6) is -0.151. The van der Waals surface area contributed by atoms with Crippen molar-refractivity contribution in [1.29, 1.82) is 0 Å². The molecule has 4 nitrogen and oxygen atoms in total. The Morgan fingerprint density at radius 3 is 2.37 bits per heavy atom. The van der Waals surface area contributed by atoms with Gasteiger partial charge in [0.05, 0.1) is 18.7 Å². The smallest absolute Gasteiger partial charge is 0.380 e. The van der Waals surface area contributed by atoms with Crippen LogP contribution in [0.2, 0.25) is 0 Å². The molecule has 2 aromatic rings. The number of benzene rings is 2. The molecule has 1 amide bonds. The maximum atomic E-state index is 12.6. The van der Waals surface area contributed by atoms with E-state index in [1.165, 1.54) is 12.1 Å². The van der Waals surface area contributed by atoms with Crippen LogP contribution < -0.4 is 5.32 Å².